The number of hydrogen-bond donors (Lipinski definition) is 2. The van der Waals surface area contributed by atoms with E-state index in [0.717, 1.165) is 11.4 Å². The van der Waals surface area contributed by atoms with Gasteiger partial charge in [0.25, 0.3) is 0 Å². The monoisotopic (exact) mass is 270 g/mol. The van der Waals surface area contributed by atoms with Crippen LogP contribution in [0.25, 0.3) is 0 Å². The zero-order valence-corrected chi connectivity index (χ0v) is 12.3. The summed E-state index contributed by atoms with van der Waals surface area (Å²) in [7, 11) is 0. The Kier molecular flexibility index (Phi) is 4.17. The first kappa shape index (κ1) is 13.6. The normalized spacial score (nSPS) is 10.1. The minimum atomic E-state index is 0.609. The Bertz CT molecular complexity index is 605. The summed E-state index contributed by atoms with van der Waals surface area (Å²) in [6, 6.07) is 14.3. The minimum absolute atomic E-state index is 0.609. The highest BCUT2D eigenvalue weighted by Gasteiger charge is 2.02. The fourth-order valence-electron chi connectivity index (χ4n) is 1.82. The van der Waals surface area contributed by atoms with Crippen molar-refractivity contribution in [2.45, 2.75) is 20.8 Å². The van der Waals surface area contributed by atoms with Gasteiger partial charge >= 0.3 is 0 Å². The highest BCUT2D eigenvalue weighted by atomic mass is 32.1. The van der Waals surface area contributed by atoms with Gasteiger partial charge in [-0.05, 0) is 67.9 Å². The van der Waals surface area contributed by atoms with E-state index < -0.39 is 0 Å². The maximum atomic E-state index is 5.33. The molecule has 2 aromatic carbocycles. The van der Waals surface area contributed by atoms with Gasteiger partial charge in [0.05, 0.1) is 0 Å². The van der Waals surface area contributed by atoms with Crippen LogP contribution >= 0.6 is 12.2 Å². The van der Waals surface area contributed by atoms with E-state index in [1.54, 1.807) is 0 Å². The third-order valence-electron chi connectivity index (χ3n) is 3.16. The lowest BCUT2D eigenvalue weighted by molar-refractivity contribution is 1.34. The van der Waals surface area contributed by atoms with Crippen LogP contribution in [0, 0.1) is 20.8 Å². The molecule has 0 radical (unpaired) electrons. The summed E-state index contributed by atoms with van der Waals surface area (Å²) in [4.78, 5) is 0. The van der Waals surface area contributed by atoms with E-state index in [2.05, 4.69) is 49.6 Å². The summed E-state index contributed by atoms with van der Waals surface area (Å²) in [5, 5.41) is 7.03. The van der Waals surface area contributed by atoms with Crippen molar-refractivity contribution in [2.24, 2.45) is 0 Å². The van der Waals surface area contributed by atoms with Crippen LogP contribution in [0.15, 0.2) is 42.5 Å². The number of aryl methyl sites for hydroxylation is 3. The molecule has 0 aliphatic carbocycles. The first-order valence-electron chi connectivity index (χ1n) is 6.27. The molecule has 0 aromatic heterocycles. The van der Waals surface area contributed by atoms with E-state index in [9.17, 15) is 0 Å². The van der Waals surface area contributed by atoms with E-state index in [1.807, 2.05) is 24.3 Å². The first-order valence-corrected chi connectivity index (χ1v) is 6.68. The summed E-state index contributed by atoms with van der Waals surface area (Å²) >= 11 is 5.33. The van der Waals surface area contributed by atoms with Gasteiger partial charge in [0.15, 0.2) is 5.11 Å². The third-order valence-corrected chi connectivity index (χ3v) is 3.36. The standard InChI is InChI=1S/C16H18N2S/c1-11-8-9-14(10-13(11)3)17-16(19)18-15-7-5-4-6-12(15)2/h4-10H,1-3H3,(H2,17,18,19). The number of rotatable bonds is 2. The zero-order valence-electron chi connectivity index (χ0n) is 11.4. The lowest BCUT2D eigenvalue weighted by atomic mass is 10.1. The van der Waals surface area contributed by atoms with Crippen LogP contribution in [0.4, 0.5) is 11.4 Å². The molecule has 2 N–H and O–H groups in total. The highest BCUT2D eigenvalue weighted by molar-refractivity contribution is 7.80. The van der Waals surface area contributed by atoms with Crippen LogP contribution in [-0.4, -0.2) is 5.11 Å². The van der Waals surface area contributed by atoms with Crippen molar-refractivity contribution in [1.82, 2.24) is 0 Å². The van der Waals surface area contributed by atoms with Crippen molar-refractivity contribution in [3.8, 4) is 0 Å². The summed E-state index contributed by atoms with van der Waals surface area (Å²) < 4.78 is 0. The van der Waals surface area contributed by atoms with Crippen LogP contribution < -0.4 is 10.6 Å². The number of benzene rings is 2. The fourth-order valence-corrected chi connectivity index (χ4v) is 2.04. The molecule has 0 saturated heterocycles. The Morgan fingerprint density at radius 1 is 0.842 bits per heavy atom. The first-order chi connectivity index (χ1) is 9.06. The average Bonchev–Trinajstić information content (AvgIpc) is 2.37. The fraction of sp³-hybridized carbons (Fsp3) is 0.188. The SMILES string of the molecule is Cc1ccc(NC(=S)Nc2ccccc2C)cc1C. The van der Waals surface area contributed by atoms with Gasteiger partial charge in [-0.15, -0.1) is 0 Å². The second-order valence-electron chi connectivity index (χ2n) is 4.69. The molecule has 0 bridgehead atoms. The van der Waals surface area contributed by atoms with E-state index in [4.69, 9.17) is 12.2 Å². The van der Waals surface area contributed by atoms with Gasteiger partial charge in [0.1, 0.15) is 0 Å². The molecule has 2 aromatic rings. The van der Waals surface area contributed by atoms with Crippen LogP contribution in [0.2, 0.25) is 0 Å². The Balaban J connectivity index is 2.05. The lowest BCUT2D eigenvalue weighted by Gasteiger charge is -2.13. The largest absolute Gasteiger partial charge is 0.332 e. The molecule has 0 saturated carbocycles. The molecule has 0 spiro atoms. The van der Waals surface area contributed by atoms with Crippen LogP contribution in [-0.2, 0) is 0 Å². The Labute approximate surface area is 119 Å². The Morgan fingerprint density at radius 2 is 1.58 bits per heavy atom. The van der Waals surface area contributed by atoms with E-state index in [-0.39, 0.29) is 0 Å². The molecular weight excluding hydrogens is 252 g/mol. The molecule has 0 unspecified atom stereocenters. The van der Waals surface area contributed by atoms with Crippen molar-refractivity contribution >= 4 is 28.7 Å². The van der Waals surface area contributed by atoms with Gasteiger partial charge in [0.2, 0.25) is 0 Å². The summed E-state index contributed by atoms with van der Waals surface area (Å²) in [5.74, 6) is 0. The molecule has 0 amide bonds. The Morgan fingerprint density at radius 3 is 2.26 bits per heavy atom. The Hall–Kier alpha value is -1.87. The van der Waals surface area contributed by atoms with Crippen molar-refractivity contribution < 1.29 is 0 Å². The molecule has 0 heterocycles. The maximum Gasteiger partial charge on any atom is 0.175 e. The zero-order chi connectivity index (χ0) is 13.8. The molecule has 3 heteroatoms. The van der Waals surface area contributed by atoms with Crippen molar-refractivity contribution in [2.75, 3.05) is 10.6 Å². The summed E-state index contributed by atoms with van der Waals surface area (Å²) in [6.07, 6.45) is 0. The van der Waals surface area contributed by atoms with Gasteiger partial charge in [0, 0.05) is 11.4 Å². The topological polar surface area (TPSA) is 24.1 Å². The quantitative estimate of drug-likeness (QED) is 0.790. The summed E-state index contributed by atoms with van der Waals surface area (Å²) in [6.45, 7) is 6.25. The molecule has 0 aliphatic heterocycles. The van der Waals surface area contributed by atoms with Crippen molar-refractivity contribution in [1.29, 1.82) is 0 Å². The maximum absolute atomic E-state index is 5.33. The smallest absolute Gasteiger partial charge is 0.175 e. The van der Waals surface area contributed by atoms with Crippen LogP contribution in [0.5, 0.6) is 0 Å². The van der Waals surface area contributed by atoms with Crippen molar-refractivity contribution in [3.63, 3.8) is 0 Å². The molecule has 0 aliphatic rings. The predicted octanol–water partition coefficient (Wildman–Crippen LogP) is 4.42. The van der Waals surface area contributed by atoms with E-state index in [0.29, 0.717) is 5.11 Å². The number of para-hydroxylation sites is 1. The molecule has 2 nitrogen and oxygen atoms in total. The summed E-state index contributed by atoms with van der Waals surface area (Å²) in [5.41, 5.74) is 5.75. The molecule has 98 valence electrons. The number of thiocarbonyl (C=S) groups is 1. The van der Waals surface area contributed by atoms with Gasteiger partial charge in [-0.1, -0.05) is 24.3 Å². The van der Waals surface area contributed by atoms with Gasteiger partial charge in [-0.3, -0.25) is 0 Å². The van der Waals surface area contributed by atoms with Crippen molar-refractivity contribution in [3.05, 3.63) is 59.2 Å². The number of anilines is 2. The lowest BCUT2D eigenvalue weighted by Crippen LogP contribution is -2.19. The molecule has 2 rings (SSSR count). The van der Waals surface area contributed by atoms with Gasteiger partial charge in [-0.25, -0.2) is 0 Å². The van der Waals surface area contributed by atoms with E-state index in [1.165, 1.54) is 16.7 Å². The third kappa shape index (κ3) is 3.55. The average molecular weight is 270 g/mol. The molecular formula is C16H18N2S. The van der Waals surface area contributed by atoms with Gasteiger partial charge in [-0.2, -0.15) is 0 Å². The molecule has 19 heavy (non-hydrogen) atoms. The van der Waals surface area contributed by atoms with Crippen LogP contribution in [0.3, 0.4) is 0 Å². The van der Waals surface area contributed by atoms with Crippen LogP contribution in [0.1, 0.15) is 16.7 Å². The minimum Gasteiger partial charge on any atom is -0.332 e. The molecule has 0 fully saturated rings. The number of hydrogen-bond acceptors (Lipinski definition) is 1. The van der Waals surface area contributed by atoms with E-state index >= 15 is 0 Å². The number of nitrogens with one attached hydrogen (secondary N) is 2. The second-order valence-corrected chi connectivity index (χ2v) is 5.10. The second kappa shape index (κ2) is 5.85. The predicted molar refractivity (Wildman–Crippen MR) is 86.9 cm³/mol. The highest BCUT2D eigenvalue weighted by Crippen LogP contribution is 2.16. The molecule has 0 atom stereocenters. The van der Waals surface area contributed by atoms with Gasteiger partial charge < -0.3 is 10.6 Å².